The minimum absolute atomic E-state index is 0.137. The molecule has 0 aliphatic carbocycles. The van der Waals surface area contributed by atoms with Crippen LogP contribution in [0, 0.1) is 12.8 Å². The highest BCUT2D eigenvalue weighted by molar-refractivity contribution is 5.86. The summed E-state index contributed by atoms with van der Waals surface area (Å²) in [7, 11) is 3.36. The number of likely N-dealkylation sites (N-methyl/N-ethyl adjacent to an activating group) is 2. The van der Waals surface area contributed by atoms with Crippen LogP contribution in [-0.4, -0.2) is 79.0 Å². The maximum atomic E-state index is 13.6. The molecule has 3 rings (SSSR count). The van der Waals surface area contributed by atoms with Crippen molar-refractivity contribution in [3.8, 4) is 0 Å². The topological polar surface area (TPSA) is 53.1 Å². The van der Waals surface area contributed by atoms with E-state index in [9.17, 15) is 9.59 Å². The molecule has 3 atom stereocenters. The van der Waals surface area contributed by atoms with Crippen LogP contribution in [0.25, 0.3) is 0 Å². The lowest BCUT2D eigenvalue weighted by Gasteiger charge is -2.37. The lowest BCUT2D eigenvalue weighted by atomic mass is 9.87. The van der Waals surface area contributed by atoms with Crippen molar-refractivity contribution in [3.63, 3.8) is 0 Å². The zero-order chi connectivity index (χ0) is 20.5. The summed E-state index contributed by atoms with van der Waals surface area (Å²) in [5, 5.41) is 0. The molecule has 1 amide bonds. The largest absolute Gasteiger partial charge is 0.468 e. The van der Waals surface area contributed by atoms with Crippen LogP contribution in [0.1, 0.15) is 37.4 Å². The number of amides is 1. The van der Waals surface area contributed by atoms with E-state index >= 15 is 0 Å². The van der Waals surface area contributed by atoms with Gasteiger partial charge in [-0.1, -0.05) is 31.2 Å². The number of aryl methyl sites for hydroxylation is 1. The maximum absolute atomic E-state index is 13.6. The first-order valence-electron chi connectivity index (χ1n) is 10.2. The van der Waals surface area contributed by atoms with Crippen LogP contribution in [-0.2, 0) is 14.3 Å². The van der Waals surface area contributed by atoms with Crippen molar-refractivity contribution in [2.45, 2.75) is 38.8 Å². The lowest BCUT2D eigenvalue weighted by molar-refractivity contribution is -0.152. The normalized spacial score (nSPS) is 29.1. The summed E-state index contributed by atoms with van der Waals surface area (Å²) in [4.78, 5) is 32.6. The van der Waals surface area contributed by atoms with Crippen LogP contribution in [0.4, 0.5) is 0 Å². The Morgan fingerprint density at radius 2 is 1.82 bits per heavy atom. The van der Waals surface area contributed by atoms with E-state index in [1.807, 2.05) is 35.9 Å². The Morgan fingerprint density at radius 3 is 2.39 bits per heavy atom. The fourth-order valence-corrected chi connectivity index (χ4v) is 4.79. The molecule has 0 spiro atoms. The van der Waals surface area contributed by atoms with Gasteiger partial charge in [0.2, 0.25) is 5.91 Å². The van der Waals surface area contributed by atoms with E-state index < -0.39 is 5.54 Å². The number of carbonyl (C=O) groups is 2. The van der Waals surface area contributed by atoms with E-state index in [-0.39, 0.29) is 23.8 Å². The molecule has 2 fully saturated rings. The molecule has 1 aromatic carbocycles. The Bertz CT molecular complexity index is 729. The highest BCUT2D eigenvalue weighted by atomic mass is 16.5. The Morgan fingerprint density at radius 1 is 1.18 bits per heavy atom. The predicted octanol–water partition coefficient (Wildman–Crippen LogP) is 2.08. The molecule has 2 aliphatic rings. The summed E-state index contributed by atoms with van der Waals surface area (Å²) in [5.41, 5.74) is 1.44. The number of piperazine rings is 1. The standard InChI is InChI=1S/C22H33N3O3/c1-6-24-11-13-25(14-12-24)20(26)18-15-22(3,21(27)28-5)23(4)19(18)17-10-8-7-9-16(17)2/h7-10,18-19H,6,11-15H2,1-5H3/t18-,19-,22-/m0/s1. The van der Waals surface area contributed by atoms with Crippen LogP contribution in [0.15, 0.2) is 24.3 Å². The number of benzene rings is 1. The summed E-state index contributed by atoms with van der Waals surface area (Å²) >= 11 is 0. The summed E-state index contributed by atoms with van der Waals surface area (Å²) in [6.45, 7) is 10.5. The van der Waals surface area contributed by atoms with E-state index in [4.69, 9.17) is 4.74 Å². The SMILES string of the molecule is CCN1CCN(C(=O)[C@H]2C[C@@](C)(C(=O)OC)N(C)[C@H]2c2ccccc2C)CC1. The number of esters is 1. The Kier molecular flexibility index (Phi) is 6.10. The Hall–Kier alpha value is -1.92. The fourth-order valence-electron chi connectivity index (χ4n) is 4.79. The van der Waals surface area contributed by atoms with Gasteiger partial charge in [-0.05, 0) is 45.0 Å². The minimum Gasteiger partial charge on any atom is -0.468 e. The molecule has 2 aliphatic heterocycles. The van der Waals surface area contributed by atoms with Gasteiger partial charge >= 0.3 is 5.97 Å². The number of carbonyl (C=O) groups excluding carboxylic acids is 2. The van der Waals surface area contributed by atoms with Gasteiger partial charge < -0.3 is 14.5 Å². The number of methoxy groups -OCH3 is 1. The van der Waals surface area contributed by atoms with Crippen molar-refractivity contribution in [1.82, 2.24) is 14.7 Å². The van der Waals surface area contributed by atoms with Gasteiger partial charge in [-0.2, -0.15) is 0 Å². The average molecular weight is 388 g/mol. The van der Waals surface area contributed by atoms with Crippen LogP contribution >= 0.6 is 0 Å². The molecule has 0 aromatic heterocycles. The number of ether oxygens (including phenoxy) is 1. The summed E-state index contributed by atoms with van der Waals surface area (Å²) < 4.78 is 5.11. The first-order valence-corrected chi connectivity index (χ1v) is 10.2. The highest BCUT2D eigenvalue weighted by Crippen LogP contribution is 2.47. The monoisotopic (exact) mass is 387 g/mol. The average Bonchev–Trinajstić information content (AvgIpc) is 2.99. The fraction of sp³-hybridized carbons (Fsp3) is 0.636. The summed E-state index contributed by atoms with van der Waals surface area (Å²) in [6, 6.07) is 8.02. The molecule has 0 radical (unpaired) electrons. The van der Waals surface area contributed by atoms with Crippen molar-refractivity contribution in [1.29, 1.82) is 0 Å². The molecular formula is C22H33N3O3. The molecule has 1 aromatic rings. The smallest absolute Gasteiger partial charge is 0.326 e. The quantitative estimate of drug-likeness (QED) is 0.741. The van der Waals surface area contributed by atoms with Gasteiger partial charge in [-0.15, -0.1) is 0 Å². The van der Waals surface area contributed by atoms with Gasteiger partial charge in [0.05, 0.1) is 13.0 Å². The molecule has 0 unspecified atom stereocenters. The number of likely N-dealkylation sites (tertiary alicyclic amines) is 1. The third kappa shape index (κ3) is 3.55. The second-order valence-electron chi connectivity index (χ2n) is 8.25. The third-order valence-electron chi connectivity index (χ3n) is 6.77. The highest BCUT2D eigenvalue weighted by Gasteiger charge is 2.55. The van der Waals surface area contributed by atoms with E-state index in [1.54, 1.807) is 0 Å². The Labute approximate surface area is 168 Å². The Balaban J connectivity index is 1.93. The van der Waals surface area contributed by atoms with Crippen LogP contribution in [0.3, 0.4) is 0 Å². The molecule has 2 saturated heterocycles. The van der Waals surface area contributed by atoms with Crippen LogP contribution in [0.2, 0.25) is 0 Å². The van der Waals surface area contributed by atoms with Crippen molar-refractivity contribution in [2.75, 3.05) is 46.9 Å². The molecular weight excluding hydrogens is 354 g/mol. The molecule has 154 valence electrons. The zero-order valence-electron chi connectivity index (χ0n) is 17.8. The van der Waals surface area contributed by atoms with Crippen LogP contribution < -0.4 is 0 Å². The number of rotatable bonds is 4. The molecule has 6 nitrogen and oxygen atoms in total. The zero-order valence-corrected chi connectivity index (χ0v) is 17.8. The second kappa shape index (κ2) is 8.21. The van der Waals surface area contributed by atoms with Crippen molar-refractivity contribution < 1.29 is 14.3 Å². The maximum Gasteiger partial charge on any atom is 0.326 e. The molecule has 6 heteroatoms. The van der Waals surface area contributed by atoms with Gasteiger partial charge in [0.25, 0.3) is 0 Å². The minimum atomic E-state index is -0.812. The number of hydrogen-bond donors (Lipinski definition) is 0. The third-order valence-corrected chi connectivity index (χ3v) is 6.77. The van der Waals surface area contributed by atoms with Gasteiger partial charge in [0, 0.05) is 32.2 Å². The first kappa shape index (κ1) is 20.8. The first-order chi connectivity index (χ1) is 13.3. The van der Waals surface area contributed by atoms with E-state index in [1.165, 1.54) is 7.11 Å². The molecule has 2 heterocycles. The van der Waals surface area contributed by atoms with Gasteiger partial charge in [0.15, 0.2) is 0 Å². The molecule has 0 N–H and O–H groups in total. The van der Waals surface area contributed by atoms with Gasteiger partial charge in [-0.25, -0.2) is 0 Å². The second-order valence-corrected chi connectivity index (χ2v) is 8.25. The van der Waals surface area contributed by atoms with E-state index in [2.05, 4.69) is 30.9 Å². The summed E-state index contributed by atoms with van der Waals surface area (Å²) in [5.74, 6) is -0.383. The molecule has 28 heavy (non-hydrogen) atoms. The lowest BCUT2D eigenvalue weighted by Crippen LogP contribution is -2.50. The number of nitrogens with zero attached hydrogens (tertiary/aromatic N) is 3. The van der Waals surface area contributed by atoms with Crippen molar-refractivity contribution >= 4 is 11.9 Å². The van der Waals surface area contributed by atoms with E-state index in [0.29, 0.717) is 6.42 Å². The predicted molar refractivity (Wildman–Crippen MR) is 109 cm³/mol. The molecule has 0 saturated carbocycles. The van der Waals surface area contributed by atoms with Crippen molar-refractivity contribution in [2.24, 2.45) is 5.92 Å². The van der Waals surface area contributed by atoms with Gasteiger partial charge in [0.1, 0.15) is 5.54 Å². The number of hydrogen-bond acceptors (Lipinski definition) is 5. The summed E-state index contributed by atoms with van der Waals surface area (Å²) in [6.07, 6.45) is 0.474. The van der Waals surface area contributed by atoms with Crippen molar-refractivity contribution in [3.05, 3.63) is 35.4 Å². The van der Waals surface area contributed by atoms with E-state index in [0.717, 1.165) is 43.9 Å². The molecule has 0 bridgehead atoms. The van der Waals surface area contributed by atoms with Crippen LogP contribution in [0.5, 0.6) is 0 Å². The van der Waals surface area contributed by atoms with Gasteiger partial charge in [-0.3, -0.25) is 14.5 Å².